The summed E-state index contributed by atoms with van der Waals surface area (Å²) in [5.41, 5.74) is 2.06. The van der Waals surface area contributed by atoms with Crippen LogP contribution in [0.25, 0.3) is 11.3 Å². The molecule has 1 amide bonds. The molecule has 0 saturated carbocycles. The van der Waals surface area contributed by atoms with Gasteiger partial charge in [-0.3, -0.25) is 9.78 Å². The van der Waals surface area contributed by atoms with Gasteiger partial charge >= 0.3 is 0 Å². The Morgan fingerprint density at radius 2 is 2.10 bits per heavy atom. The fraction of sp³-hybridized carbons (Fsp3) is 0.500. The number of piperidine rings is 1. The van der Waals surface area contributed by atoms with E-state index in [1.165, 1.54) is 0 Å². The quantitative estimate of drug-likeness (QED) is 0.714. The Balaban J connectivity index is 1.33. The first-order valence-corrected chi connectivity index (χ1v) is 10.5. The third-order valence-corrected chi connectivity index (χ3v) is 6.80. The highest BCUT2D eigenvalue weighted by Crippen LogP contribution is 2.35. The van der Waals surface area contributed by atoms with Crippen LogP contribution in [0.4, 0.5) is 10.2 Å². The van der Waals surface area contributed by atoms with E-state index < -0.39 is 6.17 Å². The van der Waals surface area contributed by atoms with E-state index in [-0.39, 0.29) is 29.7 Å². The number of carbonyl (C=O) groups excluding carboxylic acids is 1. The molecule has 2 unspecified atom stereocenters. The highest BCUT2D eigenvalue weighted by atomic mass is 19.1. The maximum absolute atomic E-state index is 14.9. The molecule has 5 atom stereocenters. The third kappa shape index (κ3) is 3.39. The van der Waals surface area contributed by atoms with Crippen LogP contribution in [-0.2, 0) is 4.79 Å². The van der Waals surface area contributed by atoms with Crippen molar-refractivity contribution in [3.8, 4) is 17.0 Å². The van der Waals surface area contributed by atoms with Gasteiger partial charge in [-0.2, -0.15) is 0 Å². The number of hydrogen-bond acceptors (Lipinski definition) is 6. The molecule has 0 radical (unpaired) electrons. The zero-order valence-corrected chi connectivity index (χ0v) is 16.9. The fourth-order valence-electron chi connectivity index (χ4n) is 5.02. The van der Waals surface area contributed by atoms with E-state index >= 15 is 0 Å². The van der Waals surface area contributed by atoms with E-state index in [4.69, 9.17) is 0 Å². The zero-order chi connectivity index (χ0) is 20.8. The molecule has 0 aliphatic carbocycles. The van der Waals surface area contributed by atoms with Gasteiger partial charge < -0.3 is 20.6 Å². The van der Waals surface area contributed by atoms with Crippen molar-refractivity contribution in [3.63, 3.8) is 0 Å². The smallest absolute Gasteiger partial charge is 0.220 e. The van der Waals surface area contributed by atoms with Gasteiger partial charge in [-0.25, -0.2) is 9.37 Å². The minimum Gasteiger partial charge on any atom is -0.507 e. The number of phenols is 1. The lowest BCUT2D eigenvalue weighted by Crippen LogP contribution is -2.55. The van der Waals surface area contributed by atoms with Gasteiger partial charge in [-0.1, -0.05) is 6.07 Å². The van der Waals surface area contributed by atoms with Gasteiger partial charge in [-0.15, -0.1) is 0 Å². The molecule has 3 aliphatic rings. The second kappa shape index (κ2) is 7.50. The molecular weight excluding hydrogens is 385 g/mol. The van der Waals surface area contributed by atoms with E-state index in [1.807, 2.05) is 24.1 Å². The van der Waals surface area contributed by atoms with Crippen molar-refractivity contribution >= 4 is 11.7 Å². The standard InChI is InChI=1S/C22H26FN5O2/c1-28(18-8-14-3-5-16(27-14)22(18)23)20-11-24-17(10-25-20)15-4-2-12(6-19(15)29)13-7-21(30)26-9-13/h2,4,6,10-11,13-14,16,18,22,27,29H,3,5,7-9H2,1H3,(H,26,30)/t13-,14?,16?,18-,22+/m0/s1. The van der Waals surface area contributed by atoms with Gasteiger partial charge in [0.25, 0.3) is 0 Å². The molecule has 158 valence electrons. The maximum Gasteiger partial charge on any atom is 0.220 e. The summed E-state index contributed by atoms with van der Waals surface area (Å²) in [5, 5.41) is 16.7. The van der Waals surface area contributed by atoms with Crippen LogP contribution in [0.3, 0.4) is 0 Å². The number of aromatic nitrogens is 2. The number of aromatic hydroxyl groups is 1. The summed E-state index contributed by atoms with van der Waals surface area (Å²) in [4.78, 5) is 22.3. The molecule has 4 heterocycles. The van der Waals surface area contributed by atoms with Crippen LogP contribution in [-0.4, -0.2) is 58.9 Å². The summed E-state index contributed by atoms with van der Waals surface area (Å²) in [6.07, 6.45) is 5.44. The lowest BCUT2D eigenvalue weighted by atomic mass is 9.96. The monoisotopic (exact) mass is 411 g/mol. The van der Waals surface area contributed by atoms with Gasteiger partial charge in [0.15, 0.2) is 0 Å². The molecule has 2 aromatic rings. The lowest BCUT2D eigenvalue weighted by Gasteiger charge is -2.38. The molecule has 7 nitrogen and oxygen atoms in total. The maximum atomic E-state index is 14.9. The first-order valence-electron chi connectivity index (χ1n) is 10.5. The highest BCUT2D eigenvalue weighted by molar-refractivity contribution is 5.79. The zero-order valence-electron chi connectivity index (χ0n) is 16.9. The van der Waals surface area contributed by atoms with E-state index in [0.29, 0.717) is 36.1 Å². The third-order valence-electron chi connectivity index (χ3n) is 6.80. The first-order chi connectivity index (χ1) is 14.5. The molecule has 3 saturated heterocycles. The van der Waals surface area contributed by atoms with Crippen LogP contribution in [0.2, 0.25) is 0 Å². The minimum absolute atomic E-state index is 0.0337. The number of phenolic OH excluding ortho intramolecular Hbond substituents is 1. The topological polar surface area (TPSA) is 90.4 Å². The van der Waals surface area contributed by atoms with Crippen LogP contribution in [0, 0.1) is 0 Å². The van der Waals surface area contributed by atoms with Crippen LogP contribution >= 0.6 is 0 Å². The molecule has 1 aromatic carbocycles. The van der Waals surface area contributed by atoms with Crippen molar-refractivity contribution in [1.82, 2.24) is 20.6 Å². The number of anilines is 1. The van der Waals surface area contributed by atoms with E-state index in [1.54, 1.807) is 18.5 Å². The number of carbonyl (C=O) groups is 1. The fourth-order valence-corrected chi connectivity index (χ4v) is 5.02. The normalized spacial score (nSPS) is 30.3. The van der Waals surface area contributed by atoms with Gasteiger partial charge in [0.05, 0.1) is 24.1 Å². The van der Waals surface area contributed by atoms with Gasteiger partial charge in [0, 0.05) is 43.6 Å². The molecule has 8 heteroatoms. The van der Waals surface area contributed by atoms with Gasteiger partial charge in [0.1, 0.15) is 17.7 Å². The highest BCUT2D eigenvalue weighted by Gasteiger charge is 2.43. The number of alkyl halides is 1. The number of rotatable bonds is 4. The Bertz CT molecular complexity index is 953. The van der Waals surface area contributed by atoms with Crippen molar-refractivity contribution < 1.29 is 14.3 Å². The van der Waals surface area contributed by atoms with Crippen molar-refractivity contribution in [2.75, 3.05) is 18.5 Å². The van der Waals surface area contributed by atoms with E-state index in [0.717, 1.165) is 24.8 Å². The lowest BCUT2D eigenvalue weighted by molar-refractivity contribution is -0.119. The van der Waals surface area contributed by atoms with Crippen molar-refractivity contribution in [1.29, 1.82) is 0 Å². The van der Waals surface area contributed by atoms with Gasteiger partial charge in [0.2, 0.25) is 5.91 Å². The molecule has 0 spiro atoms. The Labute approximate surface area is 174 Å². The summed E-state index contributed by atoms with van der Waals surface area (Å²) >= 11 is 0. The number of benzene rings is 1. The predicted molar refractivity (Wildman–Crippen MR) is 111 cm³/mol. The van der Waals surface area contributed by atoms with Gasteiger partial charge in [-0.05, 0) is 37.0 Å². The molecular formula is C22H26FN5O2. The second-order valence-electron chi connectivity index (χ2n) is 8.65. The van der Waals surface area contributed by atoms with Crippen LogP contribution in [0.15, 0.2) is 30.6 Å². The summed E-state index contributed by atoms with van der Waals surface area (Å²) in [6, 6.07) is 5.52. The molecule has 5 rings (SSSR count). The minimum atomic E-state index is -0.927. The summed E-state index contributed by atoms with van der Waals surface area (Å²) < 4.78 is 14.9. The van der Waals surface area contributed by atoms with Crippen LogP contribution in [0.1, 0.15) is 37.2 Å². The summed E-state index contributed by atoms with van der Waals surface area (Å²) in [7, 11) is 1.87. The number of nitrogens with one attached hydrogen (secondary N) is 2. The number of fused-ring (bicyclic) bond motifs is 2. The molecule has 1 aromatic heterocycles. The Morgan fingerprint density at radius 3 is 2.80 bits per heavy atom. The predicted octanol–water partition coefficient (Wildman–Crippen LogP) is 2.12. The SMILES string of the molecule is CN(c1cnc(-c2ccc([C@@H]3CNC(=O)C3)cc2O)cn1)[C@H]1CC2CCC(N2)[C@H]1F. The van der Waals surface area contributed by atoms with Crippen molar-refractivity contribution in [3.05, 3.63) is 36.2 Å². The molecule has 3 aliphatic heterocycles. The van der Waals surface area contributed by atoms with E-state index in [9.17, 15) is 14.3 Å². The van der Waals surface area contributed by atoms with Crippen LogP contribution < -0.4 is 15.5 Å². The summed E-state index contributed by atoms with van der Waals surface area (Å²) in [5.74, 6) is 0.847. The summed E-state index contributed by atoms with van der Waals surface area (Å²) in [6.45, 7) is 0.590. The average molecular weight is 411 g/mol. The Kier molecular flexibility index (Phi) is 4.81. The molecule has 3 fully saturated rings. The van der Waals surface area contributed by atoms with Crippen molar-refractivity contribution in [2.45, 2.75) is 55.9 Å². The number of hydrogen-bond donors (Lipinski definition) is 3. The average Bonchev–Trinajstić information content (AvgIpc) is 3.37. The van der Waals surface area contributed by atoms with E-state index in [2.05, 4.69) is 20.6 Å². The largest absolute Gasteiger partial charge is 0.507 e. The Hall–Kier alpha value is -2.74. The second-order valence-corrected chi connectivity index (χ2v) is 8.65. The Morgan fingerprint density at radius 1 is 1.23 bits per heavy atom. The van der Waals surface area contributed by atoms with Crippen molar-refractivity contribution in [2.24, 2.45) is 0 Å². The number of amides is 1. The molecule has 3 N–H and O–H groups in total. The number of halogens is 1. The number of nitrogens with zero attached hydrogens (tertiary/aromatic N) is 3. The first kappa shape index (κ1) is 19.2. The molecule has 30 heavy (non-hydrogen) atoms. The molecule has 2 bridgehead atoms. The van der Waals surface area contributed by atoms with Crippen LogP contribution in [0.5, 0.6) is 5.75 Å².